The SMILES string of the molecule is O=C1CC(C(=O)Nc2cc([N+](=O)[O-])ccc2C(=O)O)CN1. The van der Waals surface area contributed by atoms with Gasteiger partial charge in [0.1, 0.15) is 0 Å². The van der Waals surface area contributed by atoms with Gasteiger partial charge in [0.2, 0.25) is 11.8 Å². The lowest BCUT2D eigenvalue weighted by molar-refractivity contribution is -0.384. The van der Waals surface area contributed by atoms with Crippen molar-refractivity contribution in [2.45, 2.75) is 6.42 Å². The standard InChI is InChI=1S/C12H11N3O6/c16-10-3-6(5-13-10)11(17)14-9-4-7(15(20)21)1-2-8(9)12(18)19/h1-2,4,6H,3,5H2,(H,13,16)(H,14,17)(H,18,19). The Morgan fingerprint density at radius 3 is 2.67 bits per heavy atom. The second kappa shape index (κ2) is 5.57. The molecule has 0 saturated carbocycles. The molecule has 21 heavy (non-hydrogen) atoms. The topological polar surface area (TPSA) is 139 Å². The van der Waals surface area contributed by atoms with Gasteiger partial charge in [-0.1, -0.05) is 0 Å². The van der Waals surface area contributed by atoms with Crippen LogP contribution in [0.4, 0.5) is 11.4 Å². The summed E-state index contributed by atoms with van der Waals surface area (Å²) in [5.74, 6) is -2.77. The molecule has 1 atom stereocenters. The molecular formula is C12H11N3O6. The summed E-state index contributed by atoms with van der Waals surface area (Å²) in [4.78, 5) is 44.1. The van der Waals surface area contributed by atoms with Gasteiger partial charge in [-0.05, 0) is 6.07 Å². The Balaban J connectivity index is 2.26. The predicted octanol–water partition coefficient (Wildman–Crippen LogP) is 0.368. The third-order valence-corrected chi connectivity index (χ3v) is 3.05. The van der Waals surface area contributed by atoms with Crippen molar-refractivity contribution in [1.29, 1.82) is 0 Å². The number of aromatic carboxylic acids is 1. The Bertz CT molecular complexity index is 642. The number of nitrogens with one attached hydrogen (secondary N) is 2. The van der Waals surface area contributed by atoms with Crippen molar-refractivity contribution >= 4 is 29.2 Å². The number of carboxylic acids is 1. The number of anilines is 1. The molecule has 3 N–H and O–H groups in total. The molecule has 1 heterocycles. The van der Waals surface area contributed by atoms with Crippen molar-refractivity contribution in [1.82, 2.24) is 5.32 Å². The molecule has 9 heteroatoms. The molecule has 0 bridgehead atoms. The molecule has 1 saturated heterocycles. The molecule has 0 spiro atoms. The number of benzene rings is 1. The maximum atomic E-state index is 12.0. The summed E-state index contributed by atoms with van der Waals surface area (Å²) in [5.41, 5.74) is -0.761. The summed E-state index contributed by atoms with van der Waals surface area (Å²) >= 11 is 0. The number of amides is 2. The number of hydrogen-bond donors (Lipinski definition) is 3. The molecule has 0 radical (unpaired) electrons. The number of non-ortho nitro benzene ring substituents is 1. The molecule has 1 aromatic rings. The molecule has 1 aliphatic rings. The van der Waals surface area contributed by atoms with E-state index in [4.69, 9.17) is 5.11 Å². The minimum Gasteiger partial charge on any atom is -0.478 e. The predicted molar refractivity (Wildman–Crippen MR) is 69.8 cm³/mol. The highest BCUT2D eigenvalue weighted by atomic mass is 16.6. The zero-order chi connectivity index (χ0) is 15.6. The van der Waals surface area contributed by atoms with Gasteiger partial charge < -0.3 is 15.7 Å². The third-order valence-electron chi connectivity index (χ3n) is 3.05. The van der Waals surface area contributed by atoms with Gasteiger partial charge >= 0.3 is 5.97 Å². The second-order valence-corrected chi connectivity index (χ2v) is 4.49. The fourth-order valence-electron chi connectivity index (χ4n) is 1.96. The molecule has 2 rings (SSSR count). The highest BCUT2D eigenvalue weighted by Gasteiger charge is 2.29. The Hall–Kier alpha value is -2.97. The van der Waals surface area contributed by atoms with Gasteiger partial charge in [0.05, 0.1) is 22.1 Å². The quantitative estimate of drug-likeness (QED) is 0.541. The smallest absolute Gasteiger partial charge is 0.337 e. The third kappa shape index (κ3) is 3.14. The second-order valence-electron chi connectivity index (χ2n) is 4.49. The summed E-state index contributed by atoms with van der Waals surface area (Å²) < 4.78 is 0. The van der Waals surface area contributed by atoms with Crippen LogP contribution in [0.1, 0.15) is 16.8 Å². The van der Waals surface area contributed by atoms with Gasteiger partial charge in [0.15, 0.2) is 0 Å². The molecule has 2 amide bonds. The first-order chi connectivity index (χ1) is 9.88. The Labute approximate surface area is 118 Å². The number of carbonyl (C=O) groups excluding carboxylic acids is 2. The van der Waals surface area contributed by atoms with E-state index in [9.17, 15) is 24.5 Å². The Morgan fingerprint density at radius 2 is 2.14 bits per heavy atom. The van der Waals surface area contributed by atoms with Crippen molar-refractivity contribution in [3.05, 3.63) is 33.9 Å². The van der Waals surface area contributed by atoms with Crippen LogP contribution in [0.2, 0.25) is 0 Å². The first-order valence-corrected chi connectivity index (χ1v) is 5.98. The lowest BCUT2D eigenvalue weighted by Gasteiger charge is -2.11. The molecule has 1 aromatic carbocycles. The minimum absolute atomic E-state index is 0.00314. The maximum absolute atomic E-state index is 12.0. The summed E-state index contributed by atoms with van der Waals surface area (Å²) in [6, 6.07) is 3.07. The van der Waals surface area contributed by atoms with Crippen LogP contribution in [0.25, 0.3) is 0 Å². The van der Waals surface area contributed by atoms with Gasteiger partial charge in [-0.15, -0.1) is 0 Å². The zero-order valence-corrected chi connectivity index (χ0v) is 10.7. The van der Waals surface area contributed by atoms with Gasteiger partial charge in [0.25, 0.3) is 5.69 Å². The van der Waals surface area contributed by atoms with E-state index in [0.29, 0.717) is 0 Å². The van der Waals surface area contributed by atoms with E-state index >= 15 is 0 Å². The fourth-order valence-corrected chi connectivity index (χ4v) is 1.96. The largest absolute Gasteiger partial charge is 0.478 e. The van der Waals surface area contributed by atoms with E-state index in [1.807, 2.05) is 0 Å². The number of nitro benzene ring substituents is 1. The van der Waals surface area contributed by atoms with Gasteiger partial charge in [0, 0.05) is 25.1 Å². The summed E-state index contributed by atoms with van der Waals surface area (Å²) in [6.07, 6.45) is 0.00314. The first-order valence-electron chi connectivity index (χ1n) is 5.98. The van der Waals surface area contributed by atoms with E-state index in [0.717, 1.165) is 18.2 Å². The van der Waals surface area contributed by atoms with E-state index in [1.54, 1.807) is 0 Å². The van der Waals surface area contributed by atoms with Crippen LogP contribution in [0.3, 0.4) is 0 Å². The van der Waals surface area contributed by atoms with Gasteiger partial charge in [-0.2, -0.15) is 0 Å². The number of hydrogen-bond acceptors (Lipinski definition) is 5. The molecule has 0 aliphatic carbocycles. The molecule has 0 aromatic heterocycles. The van der Waals surface area contributed by atoms with E-state index in [-0.39, 0.29) is 35.8 Å². The summed E-state index contributed by atoms with van der Waals surface area (Å²) in [6.45, 7) is 0.155. The van der Waals surface area contributed by atoms with Crippen molar-refractivity contribution in [3.8, 4) is 0 Å². The van der Waals surface area contributed by atoms with E-state index < -0.39 is 22.7 Å². The zero-order valence-electron chi connectivity index (χ0n) is 10.7. The minimum atomic E-state index is -1.32. The highest BCUT2D eigenvalue weighted by Crippen LogP contribution is 2.24. The molecule has 110 valence electrons. The van der Waals surface area contributed by atoms with Crippen LogP contribution in [0, 0.1) is 16.0 Å². The number of carboxylic acid groups (broad SMARTS) is 1. The van der Waals surface area contributed by atoms with Gasteiger partial charge in [-0.25, -0.2) is 4.79 Å². The molecule has 1 aliphatic heterocycles. The van der Waals surface area contributed by atoms with Crippen molar-refractivity contribution < 1.29 is 24.4 Å². The lowest BCUT2D eigenvalue weighted by atomic mass is 10.1. The average molecular weight is 293 g/mol. The lowest BCUT2D eigenvalue weighted by Crippen LogP contribution is -2.25. The van der Waals surface area contributed by atoms with Gasteiger partial charge in [-0.3, -0.25) is 19.7 Å². The first kappa shape index (κ1) is 14.4. The maximum Gasteiger partial charge on any atom is 0.337 e. The molecule has 9 nitrogen and oxygen atoms in total. The van der Waals surface area contributed by atoms with Crippen molar-refractivity contribution in [2.75, 3.05) is 11.9 Å². The Morgan fingerprint density at radius 1 is 1.43 bits per heavy atom. The number of nitro groups is 1. The van der Waals surface area contributed by atoms with Crippen LogP contribution in [0.5, 0.6) is 0 Å². The Kier molecular flexibility index (Phi) is 3.83. The number of rotatable bonds is 4. The summed E-state index contributed by atoms with van der Waals surface area (Å²) in [7, 11) is 0. The summed E-state index contributed by atoms with van der Waals surface area (Å²) in [5, 5.41) is 24.6. The average Bonchev–Trinajstić information content (AvgIpc) is 2.85. The molecule has 1 unspecified atom stereocenters. The number of nitrogens with zero attached hydrogens (tertiary/aromatic N) is 1. The molecule has 1 fully saturated rings. The van der Waals surface area contributed by atoms with Crippen molar-refractivity contribution in [3.63, 3.8) is 0 Å². The normalized spacial score (nSPS) is 17.1. The van der Waals surface area contributed by atoms with Crippen LogP contribution in [0.15, 0.2) is 18.2 Å². The molecular weight excluding hydrogens is 282 g/mol. The van der Waals surface area contributed by atoms with Crippen LogP contribution < -0.4 is 10.6 Å². The monoisotopic (exact) mass is 293 g/mol. The number of carbonyl (C=O) groups is 3. The van der Waals surface area contributed by atoms with Crippen molar-refractivity contribution in [2.24, 2.45) is 5.92 Å². The van der Waals surface area contributed by atoms with E-state index in [1.165, 1.54) is 0 Å². The van der Waals surface area contributed by atoms with Crippen LogP contribution in [-0.2, 0) is 9.59 Å². The van der Waals surface area contributed by atoms with Crippen LogP contribution >= 0.6 is 0 Å². The van der Waals surface area contributed by atoms with E-state index in [2.05, 4.69) is 10.6 Å². The fraction of sp³-hybridized carbons (Fsp3) is 0.250. The highest BCUT2D eigenvalue weighted by molar-refractivity contribution is 6.03. The van der Waals surface area contributed by atoms with Crippen LogP contribution in [-0.4, -0.2) is 34.4 Å².